The predicted molar refractivity (Wildman–Crippen MR) is 117 cm³/mol. The topological polar surface area (TPSA) is 96.5 Å². The van der Waals surface area contributed by atoms with E-state index in [1.54, 1.807) is 19.2 Å². The van der Waals surface area contributed by atoms with E-state index in [1.807, 2.05) is 24.3 Å². The Morgan fingerprint density at radius 3 is 2.55 bits per heavy atom. The number of Topliss-reactive ketones (excluding diaryl/α,β-unsaturated/α-hetero) is 1. The quantitative estimate of drug-likeness (QED) is 0.466. The molecular formula is C23H24N2O5S. The van der Waals surface area contributed by atoms with Gasteiger partial charge in [0.15, 0.2) is 6.61 Å². The van der Waals surface area contributed by atoms with Crippen LogP contribution in [0.25, 0.3) is 10.9 Å². The van der Waals surface area contributed by atoms with E-state index in [2.05, 4.69) is 4.98 Å². The summed E-state index contributed by atoms with van der Waals surface area (Å²) in [5, 5.41) is 0.759. The summed E-state index contributed by atoms with van der Waals surface area (Å²) in [5.41, 5.74) is 2.00. The fourth-order valence-corrected chi connectivity index (χ4v) is 5.37. The highest BCUT2D eigenvalue weighted by molar-refractivity contribution is 7.89. The lowest BCUT2D eigenvalue weighted by Crippen LogP contribution is -2.35. The molecule has 162 valence electrons. The Kier molecular flexibility index (Phi) is 5.93. The lowest BCUT2D eigenvalue weighted by molar-refractivity contribution is 0.0474. The van der Waals surface area contributed by atoms with E-state index < -0.39 is 22.6 Å². The van der Waals surface area contributed by atoms with Crippen LogP contribution in [-0.4, -0.2) is 49.2 Å². The van der Waals surface area contributed by atoms with Gasteiger partial charge in [0, 0.05) is 35.8 Å². The van der Waals surface area contributed by atoms with Crippen LogP contribution in [0.15, 0.2) is 53.6 Å². The number of nitrogens with one attached hydrogen (secondary N) is 1. The summed E-state index contributed by atoms with van der Waals surface area (Å²) < 4.78 is 32.6. The molecule has 1 N–H and O–H groups in total. The third-order valence-corrected chi connectivity index (χ3v) is 7.50. The number of para-hydroxylation sites is 1. The number of hydrogen-bond acceptors (Lipinski definition) is 5. The molecule has 1 aliphatic heterocycles. The number of benzene rings is 2. The molecule has 4 rings (SSSR count). The molecule has 0 spiro atoms. The van der Waals surface area contributed by atoms with Gasteiger partial charge in [-0.3, -0.25) is 4.79 Å². The molecule has 2 heterocycles. The molecule has 0 unspecified atom stereocenters. The van der Waals surface area contributed by atoms with E-state index in [9.17, 15) is 18.0 Å². The van der Waals surface area contributed by atoms with E-state index in [0.717, 1.165) is 30.2 Å². The first-order valence-electron chi connectivity index (χ1n) is 10.2. The van der Waals surface area contributed by atoms with Gasteiger partial charge in [0.05, 0.1) is 10.5 Å². The Morgan fingerprint density at radius 2 is 1.77 bits per heavy atom. The van der Waals surface area contributed by atoms with Gasteiger partial charge in [-0.25, -0.2) is 13.2 Å². The van der Waals surface area contributed by atoms with Gasteiger partial charge in [-0.15, -0.1) is 0 Å². The molecule has 0 radical (unpaired) electrons. The number of fused-ring (bicyclic) bond motifs is 1. The van der Waals surface area contributed by atoms with E-state index in [4.69, 9.17) is 4.74 Å². The van der Waals surface area contributed by atoms with Gasteiger partial charge < -0.3 is 9.72 Å². The second-order valence-electron chi connectivity index (χ2n) is 7.69. The van der Waals surface area contributed by atoms with Crippen molar-refractivity contribution in [3.8, 4) is 0 Å². The molecular weight excluding hydrogens is 416 g/mol. The summed E-state index contributed by atoms with van der Waals surface area (Å²) in [6.45, 7) is 2.24. The largest absolute Gasteiger partial charge is 0.454 e. The standard InChI is InChI=1S/C23H24N2O5S/c1-16-9-10-17(31(28,29)25-11-5-2-6-12-25)13-19(16)23(27)30-15-22(26)20-14-24-21-8-4-3-7-18(20)21/h3-4,7-10,13-14,24H,2,5-6,11-12,15H2,1H3. The maximum atomic E-state index is 12.9. The maximum Gasteiger partial charge on any atom is 0.338 e. The summed E-state index contributed by atoms with van der Waals surface area (Å²) in [6.07, 6.45) is 4.27. The lowest BCUT2D eigenvalue weighted by Gasteiger charge is -2.26. The number of aromatic amines is 1. The van der Waals surface area contributed by atoms with Crippen LogP contribution in [0.3, 0.4) is 0 Å². The summed E-state index contributed by atoms with van der Waals surface area (Å²) in [6, 6.07) is 11.8. The number of aromatic nitrogens is 1. The minimum Gasteiger partial charge on any atom is -0.454 e. The number of carbonyl (C=O) groups excluding carboxylic acids is 2. The second kappa shape index (κ2) is 8.64. The van der Waals surface area contributed by atoms with Gasteiger partial charge >= 0.3 is 5.97 Å². The number of ether oxygens (including phenoxy) is 1. The molecule has 0 amide bonds. The summed E-state index contributed by atoms with van der Waals surface area (Å²) in [5.74, 6) is -1.05. The average molecular weight is 441 g/mol. The van der Waals surface area contributed by atoms with Crippen LogP contribution in [0, 0.1) is 6.92 Å². The van der Waals surface area contributed by atoms with Crippen LogP contribution in [-0.2, 0) is 14.8 Å². The average Bonchev–Trinajstić information content (AvgIpc) is 3.22. The molecule has 0 atom stereocenters. The number of esters is 1. The highest BCUT2D eigenvalue weighted by atomic mass is 32.2. The van der Waals surface area contributed by atoms with E-state index in [1.165, 1.54) is 16.4 Å². The number of ketones is 1. The van der Waals surface area contributed by atoms with Crippen LogP contribution in [0.2, 0.25) is 0 Å². The molecule has 0 bridgehead atoms. The highest BCUT2D eigenvalue weighted by Crippen LogP contribution is 2.24. The van der Waals surface area contributed by atoms with Crippen molar-refractivity contribution in [3.63, 3.8) is 0 Å². The van der Waals surface area contributed by atoms with E-state index in [-0.39, 0.29) is 16.2 Å². The van der Waals surface area contributed by atoms with E-state index in [0.29, 0.717) is 24.2 Å². The van der Waals surface area contributed by atoms with Crippen molar-refractivity contribution < 1.29 is 22.7 Å². The van der Waals surface area contributed by atoms with Crippen LogP contribution in [0.5, 0.6) is 0 Å². The number of aryl methyl sites for hydroxylation is 1. The minimum absolute atomic E-state index is 0.0647. The number of piperidine rings is 1. The number of H-pyrrole nitrogens is 1. The van der Waals surface area contributed by atoms with Gasteiger partial charge in [0.2, 0.25) is 15.8 Å². The van der Waals surface area contributed by atoms with Gasteiger partial charge in [0.1, 0.15) is 0 Å². The molecule has 2 aromatic carbocycles. The smallest absolute Gasteiger partial charge is 0.338 e. The molecule has 8 heteroatoms. The molecule has 1 aromatic heterocycles. The van der Waals surface area contributed by atoms with Crippen molar-refractivity contribution in [2.75, 3.05) is 19.7 Å². The number of sulfonamides is 1. The fraction of sp³-hybridized carbons (Fsp3) is 0.304. The van der Waals surface area contributed by atoms with Crippen molar-refractivity contribution in [2.45, 2.75) is 31.1 Å². The van der Waals surface area contributed by atoms with Crippen molar-refractivity contribution >= 4 is 32.7 Å². The first kappa shape index (κ1) is 21.3. The number of nitrogens with zero attached hydrogens (tertiary/aromatic N) is 1. The summed E-state index contributed by atoms with van der Waals surface area (Å²) in [4.78, 5) is 28.3. The zero-order valence-corrected chi connectivity index (χ0v) is 18.1. The Hall–Kier alpha value is -2.97. The van der Waals surface area contributed by atoms with Gasteiger partial charge in [0.25, 0.3) is 0 Å². The molecule has 1 saturated heterocycles. The molecule has 0 aliphatic carbocycles. The molecule has 3 aromatic rings. The van der Waals surface area contributed by atoms with Crippen molar-refractivity contribution in [1.29, 1.82) is 0 Å². The Bertz CT molecular complexity index is 1240. The van der Waals surface area contributed by atoms with Crippen LogP contribution in [0.1, 0.15) is 45.5 Å². The number of rotatable bonds is 6. The van der Waals surface area contributed by atoms with Crippen LogP contribution >= 0.6 is 0 Å². The Balaban J connectivity index is 1.50. The van der Waals surface area contributed by atoms with Crippen LogP contribution in [0.4, 0.5) is 0 Å². The normalized spacial score (nSPS) is 15.1. The van der Waals surface area contributed by atoms with Gasteiger partial charge in [-0.1, -0.05) is 30.7 Å². The monoisotopic (exact) mass is 440 g/mol. The first-order chi connectivity index (χ1) is 14.9. The lowest BCUT2D eigenvalue weighted by atomic mass is 10.1. The summed E-state index contributed by atoms with van der Waals surface area (Å²) in [7, 11) is -3.67. The zero-order chi connectivity index (χ0) is 22.0. The summed E-state index contributed by atoms with van der Waals surface area (Å²) >= 11 is 0. The number of carbonyl (C=O) groups is 2. The molecule has 0 saturated carbocycles. The second-order valence-corrected chi connectivity index (χ2v) is 9.63. The third-order valence-electron chi connectivity index (χ3n) is 5.61. The van der Waals surface area contributed by atoms with Crippen molar-refractivity contribution in [1.82, 2.24) is 9.29 Å². The van der Waals surface area contributed by atoms with Gasteiger partial charge in [-0.05, 0) is 43.5 Å². The highest BCUT2D eigenvalue weighted by Gasteiger charge is 2.27. The van der Waals surface area contributed by atoms with Crippen molar-refractivity contribution in [2.24, 2.45) is 0 Å². The van der Waals surface area contributed by atoms with Crippen LogP contribution < -0.4 is 0 Å². The molecule has 7 nitrogen and oxygen atoms in total. The molecule has 1 fully saturated rings. The Morgan fingerprint density at radius 1 is 1.03 bits per heavy atom. The van der Waals surface area contributed by atoms with Gasteiger partial charge in [-0.2, -0.15) is 4.31 Å². The molecule has 1 aliphatic rings. The number of hydrogen-bond donors (Lipinski definition) is 1. The maximum absolute atomic E-state index is 12.9. The van der Waals surface area contributed by atoms with E-state index >= 15 is 0 Å². The predicted octanol–water partition coefficient (Wildman–Crippen LogP) is 3.69. The van der Waals surface area contributed by atoms with Crippen molar-refractivity contribution in [3.05, 3.63) is 65.4 Å². The Labute approximate surface area is 181 Å². The third kappa shape index (κ3) is 4.26. The fourth-order valence-electron chi connectivity index (χ4n) is 3.82. The SMILES string of the molecule is Cc1ccc(S(=O)(=O)N2CCCCC2)cc1C(=O)OCC(=O)c1c[nH]c2ccccc12. The minimum atomic E-state index is -3.67. The molecule has 31 heavy (non-hydrogen) atoms. The zero-order valence-electron chi connectivity index (χ0n) is 17.3. The first-order valence-corrected chi connectivity index (χ1v) is 11.7.